The molecule has 3 rings (SSSR count). The van der Waals surface area contributed by atoms with E-state index in [4.69, 9.17) is 9.47 Å². The van der Waals surface area contributed by atoms with E-state index in [1.54, 1.807) is 30.5 Å². The summed E-state index contributed by atoms with van der Waals surface area (Å²) in [6, 6.07) is 12.9. The monoisotopic (exact) mass is 312 g/mol. The molecule has 1 N–H and O–H groups in total. The topological polar surface area (TPSA) is 60.5 Å². The quantitative estimate of drug-likeness (QED) is 0.890. The first-order chi connectivity index (χ1) is 11.3. The average molecular weight is 312 g/mol. The molecule has 0 bridgehead atoms. The lowest BCUT2D eigenvalue weighted by molar-refractivity contribution is 0.0945. The van der Waals surface area contributed by atoms with E-state index < -0.39 is 0 Å². The van der Waals surface area contributed by atoms with Gasteiger partial charge in [-0.15, -0.1) is 0 Å². The molecular weight excluding hydrogens is 292 g/mol. The summed E-state index contributed by atoms with van der Waals surface area (Å²) in [6.07, 6.45) is 2.75. The Kier molecular flexibility index (Phi) is 5.21. The van der Waals surface area contributed by atoms with Gasteiger partial charge in [0.15, 0.2) is 0 Å². The Balaban J connectivity index is 1.49. The number of rotatable bonds is 6. The average Bonchev–Trinajstić information content (AvgIpc) is 3.13. The van der Waals surface area contributed by atoms with Crippen LogP contribution in [0, 0.1) is 5.92 Å². The minimum absolute atomic E-state index is 0.0619. The van der Waals surface area contributed by atoms with Crippen LogP contribution in [0.1, 0.15) is 22.5 Å². The van der Waals surface area contributed by atoms with Crippen molar-refractivity contribution in [3.8, 4) is 5.75 Å². The highest BCUT2D eigenvalue weighted by Crippen LogP contribution is 2.14. The lowest BCUT2D eigenvalue weighted by atomic mass is 10.1. The minimum atomic E-state index is -0.0619. The summed E-state index contributed by atoms with van der Waals surface area (Å²) in [4.78, 5) is 16.3. The summed E-state index contributed by atoms with van der Waals surface area (Å²) >= 11 is 0. The van der Waals surface area contributed by atoms with Gasteiger partial charge >= 0.3 is 0 Å². The zero-order valence-electron chi connectivity index (χ0n) is 12.9. The fourth-order valence-corrected chi connectivity index (χ4v) is 2.43. The third kappa shape index (κ3) is 4.53. The van der Waals surface area contributed by atoms with E-state index >= 15 is 0 Å². The standard InChI is InChI=1S/C18H20N2O3/c21-18(20-11-14-8-10-22-12-14)15-4-6-17(7-5-15)23-13-16-3-1-2-9-19-16/h1-7,9,14H,8,10-13H2,(H,20,21)/t14-/m0/s1. The van der Waals surface area contributed by atoms with E-state index in [1.165, 1.54) is 0 Å². The molecule has 5 heteroatoms. The lowest BCUT2D eigenvalue weighted by Gasteiger charge is -2.10. The van der Waals surface area contributed by atoms with Gasteiger partial charge in [-0.2, -0.15) is 0 Å². The molecule has 1 atom stereocenters. The van der Waals surface area contributed by atoms with Crippen molar-refractivity contribution in [1.82, 2.24) is 10.3 Å². The molecule has 1 saturated heterocycles. The number of carbonyl (C=O) groups is 1. The van der Waals surface area contributed by atoms with E-state index in [0.717, 1.165) is 31.1 Å². The van der Waals surface area contributed by atoms with Crippen LogP contribution in [0.15, 0.2) is 48.7 Å². The second-order valence-electron chi connectivity index (χ2n) is 5.57. The number of amides is 1. The van der Waals surface area contributed by atoms with Gasteiger partial charge in [-0.05, 0) is 42.8 Å². The molecule has 0 radical (unpaired) electrons. The minimum Gasteiger partial charge on any atom is -0.487 e. The molecule has 120 valence electrons. The molecule has 1 aliphatic rings. The molecule has 0 aliphatic carbocycles. The van der Waals surface area contributed by atoms with Crippen molar-refractivity contribution >= 4 is 5.91 Å². The maximum absolute atomic E-state index is 12.1. The molecule has 23 heavy (non-hydrogen) atoms. The summed E-state index contributed by atoms with van der Waals surface area (Å²) in [5.74, 6) is 1.09. The van der Waals surface area contributed by atoms with Gasteiger partial charge in [0, 0.05) is 30.8 Å². The van der Waals surface area contributed by atoms with Gasteiger partial charge in [-0.3, -0.25) is 9.78 Å². The Hall–Kier alpha value is -2.40. The van der Waals surface area contributed by atoms with Crippen LogP contribution in [0.25, 0.3) is 0 Å². The molecule has 1 aromatic carbocycles. The Morgan fingerprint density at radius 2 is 2.13 bits per heavy atom. The first-order valence-corrected chi connectivity index (χ1v) is 7.80. The predicted molar refractivity (Wildman–Crippen MR) is 86.3 cm³/mol. The van der Waals surface area contributed by atoms with Crippen molar-refractivity contribution in [2.24, 2.45) is 5.92 Å². The number of ether oxygens (including phenoxy) is 2. The van der Waals surface area contributed by atoms with Crippen molar-refractivity contribution in [1.29, 1.82) is 0 Å². The highest BCUT2D eigenvalue weighted by molar-refractivity contribution is 5.94. The van der Waals surface area contributed by atoms with Crippen LogP contribution in [-0.2, 0) is 11.3 Å². The second kappa shape index (κ2) is 7.74. The molecule has 1 aromatic heterocycles. The maximum Gasteiger partial charge on any atom is 0.251 e. The molecule has 0 saturated carbocycles. The normalized spacial score (nSPS) is 17.0. The summed E-state index contributed by atoms with van der Waals surface area (Å²) in [5, 5.41) is 2.95. The summed E-state index contributed by atoms with van der Waals surface area (Å²) in [6.45, 7) is 2.61. The summed E-state index contributed by atoms with van der Waals surface area (Å²) in [5.41, 5.74) is 1.50. The molecule has 0 unspecified atom stereocenters. The zero-order chi connectivity index (χ0) is 15.9. The van der Waals surface area contributed by atoms with Crippen LogP contribution in [0.5, 0.6) is 5.75 Å². The molecule has 1 amide bonds. The van der Waals surface area contributed by atoms with Crippen molar-refractivity contribution in [2.75, 3.05) is 19.8 Å². The Morgan fingerprint density at radius 3 is 2.83 bits per heavy atom. The SMILES string of the molecule is O=C(NC[C@@H]1CCOC1)c1ccc(OCc2ccccn2)cc1. The third-order valence-electron chi connectivity index (χ3n) is 3.80. The van der Waals surface area contributed by atoms with Crippen molar-refractivity contribution in [2.45, 2.75) is 13.0 Å². The van der Waals surface area contributed by atoms with Crippen molar-refractivity contribution in [3.63, 3.8) is 0 Å². The van der Waals surface area contributed by atoms with Crippen molar-refractivity contribution in [3.05, 3.63) is 59.9 Å². The number of aromatic nitrogens is 1. The molecule has 1 aliphatic heterocycles. The molecule has 1 fully saturated rings. The zero-order valence-corrected chi connectivity index (χ0v) is 12.9. The number of carbonyl (C=O) groups excluding carboxylic acids is 1. The second-order valence-corrected chi connectivity index (χ2v) is 5.57. The third-order valence-corrected chi connectivity index (χ3v) is 3.80. The van der Waals surface area contributed by atoms with E-state index in [0.29, 0.717) is 24.6 Å². The molecular formula is C18H20N2O3. The maximum atomic E-state index is 12.1. The van der Waals surface area contributed by atoms with Crippen molar-refractivity contribution < 1.29 is 14.3 Å². The first-order valence-electron chi connectivity index (χ1n) is 7.80. The van der Waals surface area contributed by atoms with Gasteiger partial charge in [-0.25, -0.2) is 0 Å². The summed E-state index contributed by atoms with van der Waals surface area (Å²) in [7, 11) is 0. The number of hydrogen-bond donors (Lipinski definition) is 1. The number of nitrogens with zero attached hydrogens (tertiary/aromatic N) is 1. The highest BCUT2D eigenvalue weighted by atomic mass is 16.5. The number of pyridine rings is 1. The van der Waals surface area contributed by atoms with Crippen LogP contribution in [0.3, 0.4) is 0 Å². The van der Waals surface area contributed by atoms with Crippen LogP contribution in [0.4, 0.5) is 0 Å². The Labute approximate surface area is 135 Å². The number of hydrogen-bond acceptors (Lipinski definition) is 4. The van der Waals surface area contributed by atoms with Gasteiger partial charge < -0.3 is 14.8 Å². The van der Waals surface area contributed by atoms with Gasteiger partial charge in [-0.1, -0.05) is 6.07 Å². The van der Waals surface area contributed by atoms with Crippen LogP contribution in [0.2, 0.25) is 0 Å². The fourth-order valence-electron chi connectivity index (χ4n) is 2.43. The highest BCUT2D eigenvalue weighted by Gasteiger charge is 2.16. The van der Waals surface area contributed by atoms with E-state index in [-0.39, 0.29) is 5.91 Å². The van der Waals surface area contributed by atoms with Gasteiger partial charge in [0.25, 0.3) is 5.91 Å². The summed E-state index contributed by atoms with van der Waals surface area (Å²) < 4.78 is 11.0. The predicted octanol–water partition coefficient (Wildman–Crippen LogP) is 2.43. The lowest BCUT2D eigenvalue weighted by Crippen LogP contribution is -2.29. The fraction of sp³-hybridized carbons (Fsp3) is 0.333. The molecule has 0 spiro atoms. The first kappa shape index (κ1) is 15.5. The van der Waals surface area contributed by atoms with Crippen LogP contribution >= 0.6 is 0 Å². The van der Waals surface area contributed by atoms with E-state index in [9.17, 15) is 4.79 Å². The number of benzene rings is 1. The van der Waals surface area contributed by atoms with Gasteiger partial charge in [0.1, 0.15) is 12.4 Å². The number of nitrogens with one attached hydrogen (secondary N) is 1. The molecule has 5 nitrogen and oxygen atoms in total. The molecule has 2 aromatic rings. The smallest absolute Gasteiger partial charge is 0.251 e. The van der Waals surface area contributed by atoms with E-state index in [2.05, 4.69) is 10.3 Å². The van der Waals surface area contributed by atoms with Crippen LogP contribution in [-0.4, -0.2) is 30.6 Å². The Morgan fingerprint density at radius 1 is 1.26 bits per heavy atom. The Bertz CT molecular complexity index is 622. The van der Waals surface area contributed by atoms with E-state index in [1.807, 2.05) is 18.2 Å². The van der Waals surface area contributed by atoms with Crippen LogP contribution < -0.4 is 10.1 Å². The van der Waals surface area contributed by atoms with Gasteiger partial charge in [0.05, 0.1) is 12.3 Å². The largest absolute Gasteiger partial charge is 0.487 e. The molecule has 2 heterocycles. The van der Waals surface area contributed by atoms with Gasteiger partial charge in [0.2, 0.25) is 0 Å².